The molecule has 0 N–H and O–H groups in total. The standard InChI is InChI=1S/C70H40N6O2/c71-41-42-16-15-21-45(38-42)46-30-32-48(61(40-46)76-57-27-12-8-25-54(57)65-60(76)37-34-52-50-23-10-14-29-63(50)78-67(52)65)55-39-47(70-73-68(43-17-3-1-4-18-43)72-69(74-70)44-19-5-2-6-20-44)31-35-58(55)75-56-26-11-7-24-53(56)64-59(75)36-33-51-49-22-9-13-28-62(49)77-66(51)64/h1-40H. The minimum Gasteiger partial charge on any atom is -0.455 e. The minimum absolute atomic E-state index is 0.539. The lowest BCUT2D eigenvalue weighted by molar-refractivity contribution is 0.672. The number of fused-ring (bicyclic) bond motifs is 14. The zero-order chi connectivity index (χ0) is 51.4. The lowest BCUT2D eigenvalue weighted by Gasteiger charge is -2.21. The van der Waals surface area contributed by atoms with Crippen LogP contribution in [-0.4, -0.2) is 24.1 Å². The van der Waals surface area contributed by atoms with E-state index in [0.717, 1.165) is 138 Å². The van der Waals surface area contributed by atoms with Gasteiger partial charge < -0.3 is 18.0 Å². The summed E-state index contributed by atoms with van der Waals surface area (Å²) in [5.74, 6) is 1.70. The first-order valence-electron chi connectivity index (χ1n) is 26.0. The van der Waals surface area contributed by atoms with E-state index >= 15 is 0 Å². The summed E-state index contributed by atoms with van der Waals surface area (Å²) >= 11 is 0. The van der Waals surface area contributed by atoms with E-state index in [9.17, 15) is 5.26 Å². The van der Waals surface area contributed by atoms with Crippen LogP contribution in [0, 0.1) is 11.3 Å². The van der Waals surface area contributed by atoms with Gasteiger partial charge in [0.15, 0.2) is 17.5 Å². The van der Waals surface area contributed by atoms with Crippen molar-refractivity contribution in [3.63, 3.8) is 0 Å². The molecule has 0 saturated heterocycles. The van der Waals surface area contributed by atoms with E-state index in [0.29, 0.717) is 23.0 Å². The van der Waals surface area contributed by atoms with Gasteiger partial charge in [-0.25, -0.2) is 15.0 Å². The number of aromatic nitrogens is 5. The molecule has 0 saturated carbocycles. The molecule has 0 aliphatic carbocycles. The van der Waals surface area contributed by atoms with Crippen LogP contribution in [0.15, 0.2) is 251 Å². The maximum Gasteiger partial charge on any atom is 0.164 e. The van der Waals surface area contributed by atoms with Gasteiger partial charge in [-0.3, -0.25) is 0 Å². The maximum atomic E-state index is 10.1. The van der Waals surface area contributed by atoms with Gasteiger partial charge in [0.1, 0.15) is 22.3 Å². The number of nitriles is 1. The molecule has 362 valence electrons. The molecule has 0 bridgehead atoms. The van der Waals surface area contributed by atoms with Crippen LogP contribution < -0.4 is 0 Å². The Balaban J connectivity index is 1.04. The molecule has 16 rings (SSSR count). The van der Waals surface area contributed by atoms with Crippen molar-refractivity contribution < 1.29 is 8.83 Å². The van der Waals surface area contributed by atoms with Crippen LogP contribution in [0.25, 0.3) is 155 Å². The molecule has 5 heterocycles. The minimum atomic E-state index is 0.539. The van der Waals surface area contributed by atoms with Crippen molar-refractivity contribution in [2.24, 2.45) is 0 Å². The first-order valence-corrected chi connectivity index (χ1v) is 26.0. The Labute approximate surface area is 445 Å². The first kappa shape index (κ1) is 43.5. The highest BCUT2D eigenvalue weighted by molar-refractivity contribution is 6.25. The molecule has 8 heteroatoms. The highest BCUT2D eigenvalue weighted by Gasteiger charge is 2.26. The van der Waals surface area contributed by atoms with Gasteiger partial charge >= 0.3 is 0 Å². The molecule has 78 heavy (non-hydrogen) atoms. The number of furan rings is 2. The average molecular weight is 997 g/mol. The lowest BCUT2D eigenvalue weighted by atomic mass is 9.94. The number of hydrogen-bond acceptors (Lipinski definition) is 6. The lowest BCUT2D eigenvalue weighted by Crippen LogP contribution is -2.04. The maximum absolute atomic E-state index is 10.1. The second kappa shape index (κ2) is 17.1. The van der Waals surface area contributed by atoms with E-state index in [1.54, 1.807) is 0 Å². The van der Waals surface area contributed by atoms with Gasteiger partial charge in [0, 0.05) is 60.1 Å². The van der Waals surface area contributed by atoms with E-state index in [1.165, 1.54) is 0 Å². The summed E-state index contributed by atoms with van der Waals surface area (Å²) in [7, 11) is 0. The van der Waals surface area contributed by atoms with Gasteiger partial charge in [-0.15, -0.1) is 0 Å². The van der Waals surface area contributed by atoms with Crippen molar-refractivity contribution in [2.75, 3.05) is 0 Å². The number of benzene rings is 11. The van der Waals surface area contributed by atoms with Crippen molar-refractivity contribution in [2.45, 2.75) is 0 Å². The van der Waals surface area contributed by atoms with Gasteiger partial charge in [0.2, 0.25) is 0 Å². The summed E-state index contributed by atoms with van der Waals surface area (Å²) < 4.78 is 18.4. The molecule has 0 amide bonds. The van der Waals surface area contributed by atoms with Gasteiger partial charge in [-0.05, 0) is 96.1 Å². The highest BCUT2D eigenvalue weighted by atomic mass is 16.3. The molecule has 0 unspecified atom stereocenters. The van der Waals surface area contributed by atoms with Crippen LogP contribution in [0.5, 0.6) is 0 Å². The Morgan fingerprint density at radius 1 is 0.321 bits per heavy atom. The third-order valence-electron chi connectivity index (χ3n) is 15.4. The van der Waals surface area contributed by atoms with E-state index in [4.69, 9.17) is 23.8 Å². The monoisotopic (exact) mass is 996 g/mol. The second-order valence-corrected chi connectivity index (χ2v) is 19.8. The molecule has 0 aliphatic heterocycles. The number of para-hydroxylation sites is 4. The quantitative estimate of drug-likeness (QED) is 0.158. The molecular weight excluding hydrogens is 957 g/mol. The van der Waals surface area contributed by atoms with Crippen LogP contribution in [-0.2, 0) is 0 Å². The van der Waals surface area contributed by atoms with Gasteiger partial charge in [-0.2, -0.15) is 5.26 Å². The molecule has 0 aliphatic rings. The normalized spacial score (nSPS) is 11.8. The van der Waals surface area contributed by atoms with Gasteiger partial charge in [-0.1, -0.05) is 158 Å². The van der Waals surface area contributed by atoms with Crippen LogP contribution in [0.1, 0.15) is 5.56 Å². The number of rotatable bonds is 7. The fourth-order valence-corrected chi connectivity index (χ4v) is 11.9. The Hall–Kier alpha value is -10.9. The zero-order valence-corrected chi connectivity index (χ0v) is 41.6. The Kier molecular flexibility index (Phi) is 9.53. The fraction of sp³-hybridized carbons (Fsp3) is 0. The van der Waals surface area contributed by atoms with Crippen molar-refractivity contribution in [3.05, 3.63) is 248 Å². The van der Waals surface area contributed by atoms with E-state index < -0.39 is 0 Å². The molecular formula is C70H40N6O2. The number of hydrogen-bond donors (Lipinski definition) is 0. The average Bonchev–Trinajstić information content (AvgIpc) is 4.39. The van der Waals surface area contributed by atoms with Crippen molar-refractivity contribution in [1.29, 1.82) is 5.26 Å². The Bertz CT molecular complexity index is 5120. The summed E-state index contributed by atoms with van der Waals surface area (Å²) in [6.07, 6.45) is 0. The fourth-order valence-electron chi connectivity index (χ4n) is 11.9. The predicted molar refractivity (Wildman–Crippen MR) is 315 cm³/mol. The second-order valence-electron chi connectivity index (χ2n) is 19.8. The van der Waals surface area contributed by atoms with Crippen LogP contribution in [0.4, 0.5) is 0 Å². The van der Waals surface area contributed by atoms with Crippen molar-refractivity contribution in [3.8, 4) is 73.9 Å². The largest absolute Gasteiger partial charge is 0.455 e. The summed E-state index contributed by atoms with van der Waals surface area (Å²) in [6.45, 7) is 0. The molecule has 11 aromatic carbocycles. The Morgan fingerprint density at radius 3 is 1.37 bits per heavy atom. The third kappa shape index (κ3) is 6.62. The SMILES string of the molecule is N#Cc1cccc(-c2ccc(-c3cc(-c4nc(-c5ccccc5)nc(-c5ccccc5)n4)ccc3-n3c4ccccc4c4c5oc6ccccc6c5ccc43)c(-n3c4ccccc4c4c5oc6ccccc6c5ccc43)c2)c1. The van der Waals surface area contributed by atoms with Gasteiger partial charge in [0.05, 0.1) is 55.8 Å². The molecule has 8 nitrogen and oxygen atoms in total. The predicted octanol–water partition coefficient (Wildman–Crippen LogP) is 18.1. The van der Waals surface area contributed by atoms with E-state index in [-0.39, 0.29) is 0 Å². The molecule has 0 spiro atoms. The molecule has 0 fully saturated rings. The summed E-state index contributed by atoms with van der Waals surface area (Å²) in [4.78, 5) is 15.6. The highest BCUT2D eigenvalue weighted by Crippen LogP contribution is 2.47. The molecule has 5 aromatic heterocycles. The Morgan fingerprint density at radius 2 is 0.795 bits per heavy atom. The van der Waals surface area contributed by atoms with Crippen LogP contribution in [0.3, 0.4) is 0 Å². The summed E-state index contributed by atoms with van der Waals surface area (Å²) in [5.41, 5.74) is 16.3. The molecule has 16 aromatic rings. The van der Waals surface area contributed by atoms with E-state index in [1.807, 2.05) is 103 Å². The third-order valence-corrected chi connectivity index (χ3v) is 15.4. The zero-order valence-electron chi connectivity index (χ0n) is 41.6. The summed E-state index contributed by atoms with van der Waals surface area (Å²) in [5, 5.41) is 18.6. The van der Waals surface area contributed by atoms with Crippen molar-refractivity contribution in [1.82, 2.24) is 24.1 Å². The van der Waals surface area contributed by atoms with Crippen molar-refractivity contribution >= 4 is 87.5 Å². The molecule has 0 radical (unpaired) electrons. The number of nitrogens with zero attached hydrogens (tertiary/aromatic N) is 6. The van der Waals surface area contributed by atoms with E-state index in [2.05, 4.69) is 155 Å². The van der Waals surface area contributed by atoms with Crippen LogP contribution >= 0.6 is 0 Å². The van der Waals surface area contributed by atoms with Gasteiger partial charge in [0.25, 0.3) is 0 Å². The summed E-state index contributed by atoms with van der Waals surface area (Å²) in [6, 6.07) is 86.2. The first-order chi connectivity index (χ1) is 38.6. The van der Waals surface area contributed by atoms with Crippen LogP contribution in [0.2, 0.25) is 0 Å². The smallest absolute Gasteiger partial charge is 0.164 e. The topological polar surface area (TPSA) is 98.6 Å². The molecule has 0 atom stereocenters.